The maximum Gasteiger partial charge on any atom is 0.330 e. The zero-order chi connectivity index (χ0) is 16.4. The van der Waals surface area contributed by atoms with Crippen molar-refractivity contribution in [3.63, 3.8) is 0 Å². The van der Waals surface area contributed by atoms with Crippen molar-refractivity contribution in [2.45, 2.75) is 19.9 Å². The summed E-state index contributed by atoms with van der Waals surface area (Å²) in [6, 6.07) is 5.77. The van der Waals surface area contributed by atoms with E-state index in [1.165, 1.54) is 6.07 Å². The Morgan fingerprint density at radius 1 is 1.32 bits per heavy atom. The first kappa shape index (κ1) is 16.1. The van der Waals surface area contributed by atoms with Gasteiger partial charge in [0.05, 0.1) is 5.02 Å². The van der Waals surface area contributed by atoms with E-state index < -0.39 is 17.9 Å². The molecule has 1 aromatic heterocycles. The molecule has 0 saturated carbocycles. The summed E-state index contributed by atoms with van der Waals surface area (Å²) in [5.41, 5.74) is 2.70. The predicted octanol–water partition coefficient (Wildman–Crippen LogP) is 2.85. The number of benzene rings is 1. The van der Waals surface area contributed by atoms with Crippen molar-refractivity contribution in [3.8, 4) is 0 Å². The molecule has 2 rings (SSSR count). The highest BCUT2D eigenvalue weighted by Crippen LogP contribution is 2.22. The molecule has 6 heteroatoms. The summed E-state index contributed by atoms with van der Waals surface area (Å²) in [6.07, 6.45) is 1.59. The first-order valence-corrected chi connectivity index (χ1v) is 7.10. The summed E-state index contributed by atoms with van der Waals surface area (Å²) < 4.78 is 1.56. The van der Waals surface area contributed by atoms with Crippen LogP contribution in [0.2, 0.25) is 5.02 Å². The number of halogens is 1. The summed E-state index contributed by atoms with van der Waals surface area (Å²) in [7, 11) is 1.68. The number of hydrogen-bond acceptors (Lipinski definition) is 2. The highest BCUT2D eigenvalue weighted by atomic mass is 35.5. The van der Waals surface area contributed by atoms with Crippen LogP contribution in [0.25, 0.3) is 0 Å². The van der Waals surface area contributed by atoms with E-state index in [9.17, 15) is 14.7 Å². The van der Waals surface area contributed by atoms with E-state index in [0.29, 0.717) is 16.3 Å². The second-order valence-electron chi connectivity index (χ2n) is 5.19. The van der Waals surface area contributed by atoms with E-state index >= 15 is 0 Å². The molecule has 116 valence electrons. The fourth-order valence-corrected chi connectivity index (χ4v) is 2.56. The number of aryl methyl sites for hydroxylation is 2. The Hall–Kier alpha value is -2.27. The third-order valence-corrected chi connectivity index (χ3v) is 3.89. The molecule has 0 aliphatic rings. The molecular formula is C16H17ClN2O3. The van der Waals surface area contributed by atoms with Crippen molar-refractivity contribution in [1.29, 1.82) is 0 Å². The van der Waals surface area contributed by atoms with E-state index in [-0.39, 0.29) is 0 Å². The zero-order valence-corrected chi connectivity index (χ0v) is 13.3. The molecule has 5 nitrogen and oxygen atoms in total. The van der Waals surface area contributed by atoms with Crippen molar-refractivity contribution in [2.75, 3.05) is 0 Å². The Bertz CT molecular complexity index is 737. The number of nitrogens with one attached hydrogen (secondary N) is 1. The molecule has 0 saturated heterocycles. The second-order valence-corrected chi connectivity index (χ2v) is 5.62. The predicted molar refractivity (Wildman–Crippen MR) is 84.2 cm³/mol. The largest absolute Gasteiger partial charge is 0.479 e. The number of nitrogens with zero attached hydrogens (tertiary/aromatic N) is 1. The molecule has 0 aliphatic carbocycles. The first-order valence-electron chi connectivity index (χ1n) is 6.73. The minimum atomic E-state index is -1.11. The van der Waals surface area contributed by atoms with Crippen LogP contribution in [0.3, 0.4) is 0 Å². The summed E-state index contributed by atoms with van der Waals surface area (Å²) in [5.74, 6) is -1.59. The molecule has 0 aliphatic heterocycles. The summed E-state index contributed by atoms with van der Waals surface area (Å²) in [5, 5.41) is 12.4. The van der Waals surface area contributed by atoms with Crippen molar-refractivity contribution in [3.05, 3.63) is 57.9 Å². The maximum atomic E-state index is 12.3. The Morgan fingerprint density at radius 3 is 2.55 bits per heavy atom. The number of aliphatic carboxylic acids is 1. The van der Waals surface area contributed by atoms with Gasteiger partial charge in [0.25, 0.3) is 5.91 Å². The monoisotopic (exact) mass is 320 g/mol. The fourth-order valence-electron chi connectivity index (χ4n) is 2.31. The molecule has 1 atom stereocenters. The van der Waals surface area contributed by atoms with Crippen LogP contribution < -0.4 is 5.32 Å². The van der Waals surface area contributed by atoms with Crippen LogP contribution >= 0.6 is 11.6 Å². The third-order valence-electron chi connectivity index (χ3n) is 3.68. The molecule has 0 radical (unpaired) electrons. The molecule has 1 amide bonds. The van der Waals surface area contributed by atoms with Crippen molar-refractivity contribution in [2.24, 2.45) is 7.05 Å². The SMILES string of the molecule is Cc1cccc(C(NC(=O)c2cc(Cl)cn2C)C(=O)O)c1C. The lowest BCUT2D eigenvalue weighted by Gasteiger charge is -2.18. The molecular weight excluding hydrogens is 304 g/mol. The highest BCUT2D eigenvalue weighted by molar-refractivity contribution is 6.31. The van der Waals surface area contributed by atoms with Crippen LogP contribution in [0.4, 0.5) is 0 Å². The Morgan fingerprint density at radius 2 is 2.00 bits per heavy atom. The van der Waals surface area contributed by atoms with Gasteiger partial charge in [0.2, 0.25) is 0 Å². The lowest BCUT2D eigenvalue weighted by atomic mass is 9.97. The molecule has 1 unspecified atom stereocenters. The molecule has 0 spiro atoms. The average Bonchev–Trinajstić information content (AvgIpc) is 2.78. The van der Waals surface area contributed by atoms with E-state index in [4.69, 9.17) is 11.6 Å². The number of carbonyl (C=O) groups is 2. The summed E-state index contributed by atoms with van der Waals surface area (Å²) in [6.45, 7) is 3.74. The van der Waals surface area contributed by atoms with Gasteiger partial charge in [-0.1, -0.05) is 29.8 Å². The molecule has 1 heterocycles. The smallest absolute Gasteiger partial charge is 0.330 e. The quantitative estimate of drug-likeness (QED) is 0.910. The van der Waals surface area contributed by atoms with Crippen LogP contribution in [-0.2, 0) is 11.8 Å². The Kier molecular flexibility index (Phi) is 4.56. The zero-order valence-electron chi connectivity index (χ0n) is 12.6. The number of carbonyl (C=O) groups excluding carboxylic acids is 1. The minimum Gasteiger partial charge on any atom is -0.479 e. The Labute approximate surface area is 133 Å². The number of hydrogen-bond donors (Lipinski definition) is 2. The summed E-state index contributed by atoms with van der Waals surface area (Å²) >= 11 is 5.85. The van der Waals surface area contributed by atoms with Crippen LogP contribution in [0, 0.1) is 13.8 Å². The van der Waals surface area contributed by atoms with Crippen LogP contribution in [0.15, 0.2) is 30.5 Å². The van der Waals surface area contributed by atoms with Gasteiger partial charge in [0.1, 0.15) is 5.69 Å². The maximum absolute atomic E-state index is 12.3. The fraction of sp³-hybridized carbons (Fsp3) is 0.250. The first-order chi connectivity index (χ1) is 10.3. The van der Waals surface area contributed by atoms with Gasteiger partial charge in [-0.15, -0.1) is 0 Å². The van der Waals surface area contributed by atoms with Gasteiger partial charge in [-0.3, -0.25) is 4.79 Å². The van der Waals surface area contributed by atoms with E-state index in [0.717, 1.165) is 11.1 Å². The lowest BCUT2D eigenvalue weighted by Crippen LogP contribution is -2.35. The number of carboxylic acid groups (broad SMARTS) is 1. The van der Waals surface area contributed by atoms with Crippen LogP contribution in [0.5, 0.6) is 0 Å². The molecule has 1 aromatic carbocycles. The average molecular weight is 321 g/mol. The van der Waals surface area contributed by atoms with E-state index in [1.807, 2.05) is 19.9 Å². The van der Waals surface area contributed by atoms with Gasteiger partial charge in [-0.25, -0.2) is 4.79 Å². The van der Waals surface area contributed by atoms with E-state index in [2.05, 4.69) is 5.32 Å². The number of rotatable bonds is 4. The molecule has 0 bridgehead atoms. The standard InChI is InChI=1S/C16H17ClN2O3/c1-9-5-4-6-12(10(9)2)14(16(21)22)18-15(20)13-7-11(17)8-19(13)3/h4-8,14H,1-3H3,(H,18,20)(H,21,22). The molecule has 2 N–H and O–H groups in total. The van der Waals surface area contributed by atoms with Crippen LogP contribution in [0.1, 0.15) is 33.2 Å². The topological polar surface area (TPSA) is 71.3 Å². The second kappa shape index (κ2) is 6.23. The van der Waals surface area contributed by atoms with Crippen molar-refractivity contribution < 1.29 is 14.7 Å². The summed E-state index contributed by atoms with van der Waals surface area (Å²) in [4.78, 5) is 23.9. The number of aromatic nitrogens is 1. The number of amides is 1. The van der Waals surface area contributed by atoms with Crippen LogP contribution in [-0.4, -0.2) is 21.6 Å². The molecule has 0 fully saturated rings. The highest BCUT2D eigenvalue weighted by Gasteiger charge is 2.25. The van der Waals surface area contributed by atoms with Gasteiger partial charge >= 0.3 is 5.97 Å². The third kappa shape index (κ3) is 3.14. The Balaban J connectivity index is 2.34. The van der Waals surface area contributed by atoms with Gasteiger partial charge in [-0.05, 0) is 36.6 Å². The normalized spacial score (nSPS) is 12.0. The van der Waals surface area contributed by atoms with Crippen molar-refractivity contribution >= 4 is 23.5 Å². The molecule has 2 aromatic rings. The van der Waals surface area contributed by atoms with E-state index in [1.54, 1.807) is 29.9 Å². The molecule has 22 heavy (non-hydrogen) atoms. The van der Waals surface area contributed by atoms with Gasteiger partial charge in [0.15, 0.2) is 6.04 Å². The minimum absolute atomic E-state index is 0.307. The van der Waals surface area contributed by atoms with Gasteiger partial charge < -0.3 is 15.0 Å². The number of carboxylic acids is 1. The van der Waals surface area contributed by atoms with Gasteiger partial charge in [-0.2, -0.15) is 0 Å². The van der Waals surface area contributed by atoms with Crippen molar-refractivity contribution in [1.82, 2.24) is 9.88 Å². The van der Waals surface area contributed by atoms with Gasteiger partial charge in [0, 0.05) is 13.2 Å². The lowest BCUT2D eigenvalue weighted by molar-refractivity contribution is -0.139.